The molecule has 0 atom stereocenters. The Morgan fingerprint density at radius 1 is 1.08 bits per heavy atom. The molecule has 0 saturated heterocycles. The summed E-state index contributed by atoms with van der Waals surface area (Å²) in [5, 5.41) is 4.18. The van der Waals surface area contributed by atoms with Crippen molar-refractivity contribution in [3.8, 4) is 5.69 Å². The monoisotopic (exact) mass is 483 g/mol. The molecule has 0 spiro atoms. The van der Waals surface area contributed by atoms with Gasteiger partial charge < -0.3 is 0 Å². The van der Waals surface area contributed by atoms with Crippen LogP contribution in [0.1, 0.15) is 5.56 Å². The van der Waals surface area contributed by atoms with E-state index >= 15 is 0 Å². The standard InChI is InChI=1S/C17H15Br2N3O2S/c18-14-4-7-16(19)17(12-14)25(23,24)21-10-8-13-2-5-15(6-3-13)22-11-1-9-20-22/h1-7,9,11-12,21H,8,10H2. The van der Waals surface area contributed by atoms with Crippen LogP contribution in [0.2, 0.25) is 0 Å². The van der Waals surface area contributed by atoms with Crippen LogP contribution >= 0.6 is 31.9 Å². The van der Waals surface area contributed by atoms with Crippen molar-refractivity contribution in [3.63, 3.8) is 0 Å². The minimum atomic E-state index is -3.57. The Bertz CT molecular complexity index is 956. The summed E-state index contributed by atoms with van der Waals surface area (Å²) in [7, 11) is -3.57. The van der Waals surface area contributed by atoms with Crippen molar-refractivity contribution in [1.29, 1.82) is 0 Å². The van der Waals surface area contributed by atoms with Crippen LogP contribution in [0.25, 0.3) is 5.69 Å². The van der Waals surface area contributed by atoms with Gasteiger partial charge in [-0.2, -0.15) is 5.10 Å². The average molecular weight is 485 g/mol. The van der Waals surface area contributed by atoms with Gasteiger partial charge >= 0.3 is 0 Å². The van der Waals surface area contributed by atoms with E-state index < -0.39 is 10.0 Å². The summed E-state index contributed by atoms with van der Waals surface area (Å²) in [4.78, 5) is 0.218. The van der Waals surface area contributed by atoms with Gasteiger partial charge in [-0.3, -0.25) is 0 Å². The lowest BCUT2D eigenvalue weighted by Crippen LogP contribution is -2.26. The van der Waals surface area contributed by atoms with Crippen molar-refractivity contribution in [2.45, 2.75) is 11.3 Å². The number of hydrogen-bond donors (Lipinski definition) is 1. The quantitative estimate of drug-likeness (QED) is 0.576. The summed E-state index contributed by atoms with van der Waals surface area (Å²) in [6, 6.07) is 14.8. The highest BCUT2D eigenvalue weighted by Crippen LogP contribution is 2.25. The maximum absolute atomic E-state index is 12.4. The fourth-order valence-electron chi connectivity index (χ4n) is 2.33. The van der Waals surface area contributed by atoms with E-state index in [9.17, 15) is 8.42 Å². The van der Waals surface area contributed by atoms with Crippen LogP contribution in [0, 0.1) is 0 Å². The van der Waals surface area contributed by atoms with Gasteiger partial charge in [-0.05, 0) is 64.3 Å². The molecule has 8 heteroatoms. The first kappa shape index (κ1) is 18.3. The minimum Gasteiger partial charge on any atom is -0.241 e. The van der Waals surface area contributed by atoms with E-state index in [1.54, 1.807) is 29.1 Å². The molecule has 0 radical (unpaired) electrons. The molecule has 0 fully saturated rings. The molecule has 3 rings (SSSR count). The zero-order chi connectivity index (χ0) is 17.9. The number of hydrogen-bond acceptors (Lipinski definition) is 3. The first-order valence-corrected chi connectivity index (χ1v) is 10.6. The number of sulfonamides is 1. The SMILES string of the molecule is O=S(=O)(NCCc1ccc(-n2cccn2)cc1)c1cc(Br)ccc1Br. The van der Waals surface area contributed by atoms with E-state index in [0.29, 0.717) is 21.9 Å². The lowest BCUT2D eigenvalue weighted by atomic mass is 10.1. The number of halogens is 2. The molecule has 5 nitrogen and oxygen atoms in total. The average Bonchev–Trinajstić information content (AvgIpc) is 3.12. The second kappa shape index (κ2) is 7.82. The zero-order valence-electron chi connectivity index (χ0n) is 13.1. The van der Waals surface area contributed by atoms with Gasteiger partial charge in [0, 0.05) is 27.9 Å². The lowest BCUT2D eigenvalue weighted by Gasteiger charge is -2.09. The Morgan fingerprint density at radius 3 is 2.52 bits per heavy atom. The fourth-order valence-corrected chi connectivity index (χ4v) is 4.86. The second-order valence-electron chi connectivity index (χ2n) is 5.34. The number of nitrogens with zero attached hydrogens (tertiary/aromatic N) is 2. The highest BCUT2D eigenvalue weighted by atomic mass is 79.9. The summed E-state index contributed by atoms with van der Waals surface area (Å²) >= 11 is 6.58. The number of nitrogens with one attached hydrogen (secondary N) is 1. The number of benzene rings is 2. The van der Waals surface area contributed by atoms with E-state index in [1.165, 1.54) is 0 Å². The van der Waals surface area contributed by atoms with Crippen LogP contribution in [0.15, 0.2) is 74.8 Å². The van der Waals surface area contributed by atoms with Gasteiger partial charge in [0.2, 0.25) is 10.0 Å². The topological polar surface area (TPSA) is 64.0 Å². The Kier molecular flexibility index (Phi) is 5.73. The Morgan fingerprint density at radius 2 is 1.84 bits per heavy atom. The molecule has 130 valence electrons. The highest BCUT2D eigenvalue weighted by Gasteiger charge is 2.17. The lowest BCUT2D eigenvalue weighted by molar-refractivity contribution is 0.581. The molecule has 0 saturated carbocycles. The van der Waals surface area contributed by atoms with Crippen molar-refractivity contribution in [1.82, 2.24) is 14.5 Å². The third-order valence-electron chi connectivity index (χ3n) is 3.59. The highest BCUT2D eigenvalue weighted by molar-refractivity contribution is 9.11. The number of aromatic nitrogens is 2. The molecule has 0 amide bonds. The second-order valence-corrected chi connectivity index (χ2v) is 8.84. The molecule has 1 N–H and O–H groups in total. The van der Waals surface area contributed by atoms with Crippen LogP contribution in [0.3, 0.4) is 0 Å². The molecule has 2 aromatic carbocycles. The first-order valence-electron chi connectivity index (χ1n) is 7.49. The third-order valence-corrected chi connectivity index (χ3v) is 6.54. The van der Waals surface area contributed by atoms with Crippen LogP contribution in [-0.2, 0) is 16.4 Å². The van der Waals surface area contributed by atoms with Gasteiger partial charge in [-0.1, -0.05) is 28.1 Å². The summed E-state index contributed by atoms with van der Waals surface area (Å²) in [5.41, 5.74) is 2.01. The van der Waals surface area contributed by atoms with Crippen molar-refractivity contribution in [2.24, 2.45) is 0 Å². The van der Waals surface area contributed by atoms with Crippen LogP contribution < -0.4 is 4.72 Å². The first-order chi connectivity index (χ1) is 12.0. The fraction of sp³-hybridized carbons (Fsp3) is 0.118. The van der Waals surface area contributed by atoms with Crippen LogP contribution in [0.4, 0.5) is 0 Å². The Labute approximate surface area is 163 Å². The van der Waals surface area contributed by atoms with Crippen LogP contribution in [-0.4, -0.2) is 24.7 Å². The zero-order valence-corrected chi connectivity index (χ0v) is 17.1. The predicted octanol–water partition coefficient (Wildman–Crippen LogP) is 3.92. The molecule has 25 heavy (non-hydrogen) atoms. The van der Waals surface area contributed by atoms with E-state index in [-0.39, 0.29) is 4.90 Å². The maximum atomic E-state index is 12.4. The summed E-state index contributed by atoms with van der Waals surface area (Å²) in [6.45, 7) is 0.322. The molecule has 0 bridgehead atoms. The van der Waals surface area contributed by atoms with Gasteiger partial charge in [0.1, 0.15) is 0 Å². The van der Waals surface area contributed by atoms with Crippen molar-refractivity contribution in [3.05, 3.63) is 75.4 Å². The number of rotatable bonds is 6. The van der Waals surface area contributed by atoms with Crippen molar-refractivity contribution >= 4 is 41.9 Å². The van der Waals surface area contributed by atoms with Crippen molar-refractivity contribution < 1.29 is 8.42 Å². The molecular formula is C17H15Br2N3O2S. The van der Waals surface area contributed by atoms with Gasteiger partial charge in [-0.15, -0.1) is 0 Å². The largest absolute Gasteiger partial charge is 0.241 e. The molecule has 0 unspecified atom stereocenters. The Balaban J connectivity index is 1.63. The molecule has 3 aromatic rings. The Hall–Kier alpha value is -1.48. The van der Waals surface area contributed by atoms with E-state index in [0.717, 1.165) is 11.3 Å². The summed E-state index contributed by atoms with van der Waals surface area (Å²) in [5.74, 6) is 0. The maximum Gasteiger partial charge on any atom is 0.241 e. The molecule has 0 aliphatic rings. The van der Waals surface area contributed by atoms with E-state index in [4.69, 9.17) is 0 Å². The molecule has 0 aliphatic carbocycles. The van der Waals surface area contributed by atoms with Gasteiger partial charge in [0.25, 0.3) is 0 Å². The van der Waals surface area contributed by atoms with Gasteiger partial charge in [0.15, 0.2) is 0 Å². The molecule has 1 heterocycles. The van der Waals surface area contributed by atoms with Gasteiger partial charge in [-0.25, -0.2) is 17.8 Å². The summed E-state index contributed by atoms with van der Waals surface area (Å²) in [6.07, 6.45) is 4.20. The normalized spacial score (nSPS) is 11.6. The van der Waals surface area contributed by atoms with E-state index in [1.807, 2.05) is 36.5 Å². The van der Waals surface area contributed by atoms with Crippen LogP contribution in [0.5, 0.6) is 0 Å². The minimum absolute atomic E-state index is 0.218. The molecule has 1 aromatic heterocycles. The summed E-state index contributed by atoms with van der Waals surface area (Å²) < 4.78 is 30.5. The molecule has 0 aliphatic heterocycles. The predicted molar refractivity (Wildman–Crippen MR) is 104 cm³/mol. The molecular weight excluding hydrogens is 470 g/mol. The third kappa shape index (κ3) is 4.58. The van der Waals surface area contributed by atoms with Crippen molar-refractivity contribution in [2.75, 3.05) is 6.54 Å². The van der Waals surface area contributed by atoms with Gasteiger partial charge in [0.05, 0.1) is 10.6 Å². The van der Waals surface area contributed by atoms with E-state index in [2.05, 4.69) is 41.7 Å². The smallest absolute Gasteiger partial charge is 0.241 e.